The summed E-state index contributed by atoms with van der Waals surface area (Å²) in [6.07, 6.45) is 2.24. The van der Waals surface area contributed by atoms with Crippen LogP contribution in [0.5, 0.6) is 0 Å². The van der Waals surface area contributed by atoms with E-state index < -0.39 is 0 Å². The summed E-state index contributed by atoms with van der Waals surface area (Å²) in [7, 11) is 0. The lowest BCUT2D eigenvalue weighted by atomic mass is 10.2. The Hall–Kier alpha value is -2.00. The van der Waals surface area contributed by atoms with Crippen LogP contribution in [0.15, 0.2) is 11.1 Å². The standard InChI is InChI=1S/C15H21N5O3S/c1-3-10(2)17-11(21)8-20-9-16-13-12(14(20)22)24-15(18-13)19-4-6-23-7-5-19/h9-10H,3-8H2,1-2H3,(H,17,21). The molecule has 1 fully saturated rings. The van der Waals surface area contributed by atoms with Gasteiger partial charge in [0.05, 0.1) is 13.2 Å². The van der Waals surface area contributed by atoms with Crippen molar-refractivity contribution < 1.29 is 9.53 Å². The second-order valence-corrected chi connectivity index (χ2v) is 6.78. The van der Waals surface area contributed by atoms with Crippen LogP contribution >= 0.6 is 11.3 Å². The molecular formula is C15H21N5O3S. The number of amides is 1. The molecule has 3 heterocycles. The number of nitrogens with zero attached hydrogens (tertiary/aromatic N) is 4. The van der Waals surface area contributed by atoms with Gasteiger partial charge >= 0.3 is 0 Å². The van der Waals surface area contributed by atoms with Crippen molar-refractivity contribution in [2.45, 2.75) is 32.9 Å². The fraction of sp³-hybridized carbons (Fsp3) is 0.600. The summed E-state index contributed by atoms with van der Waals surface area (Å²) in [5.74, 6) is -0.189. The van der Waals surface area contributed by atoms with Gasteiger partial charge < -0.3 is 15.0 Å². The first-order chi connectivity index (χ1) is 11.6. The van der Waals surface area contributed by atoms with E-state index in [1.54, 1.807) is 0 Å². The summed E-state index contributed by atoms with van der Waals surface area (Å²) in [6, 6.07) is 0.0845. The molecule has 1 saturated heterocycles. The number of carbonyl (C=O) groups is 1. The maximum atomic E-state index is 12.6. The fourth-order valence-corrected chi connectivity index (χ4v) is 3.44. The third-order valence-electron chi connectivity index (χ3n) is 3.99. The zero-order valence-electron chi connectivity index (χ0n) is 13.8. The normalized spacial score (nSPS) is 16.3. The highest BCUT2D eigenvalue weighted by atomic mass is 32.1. The molecule has 8 nitrogen and oxygen atoms in total. The lowest BCUT2D eigenvalue weighted by Crippen LogP contribution is -2.37. The molecule has 0 radical (unpaired) electrons. The predicted molar refractivity (Wildman–Crippen MR) is 92.6 cm³/mol. The highest BCUT2D eigenvalue weighted by Gasteiger charge is 2.18. The largest absolute Gasteiger partial charge is 0.378 e. The van der Waals surface area contributed by atoms with Crippen molar-refractivity contribution in [2.75, 3.05) is 31.2 Å². The highest BCUT2D eigenvalue weighted by Crippen LogP contribution is 2.25. The van der Waals surface area contributed by atoms with Gasteiger partial charge in [-0.25, -0.2) is 4.98 Å². The number of aromatic nitrogens is 3. The van der Waals surface area contributed by atoms with Gasteiger partial charge in [-0.15, -0.1) is 0 Å². The van der Waals surface area contributed by atoms with Crippen molar-refractivity contribution in [3.63, 3.8) is 0 Å². The number of ether oxygens (including phenoxy) is 1. The predicted octanol–water partition coefficient (Wildman–Crippen LogP) is 0.604. The molecule has 3 rings (SSSR count). The quantitative estimate of drug-likeness (QED) is 0.849. The van der Waals surface area contributed by atoms with Crippen molar-refractivity contribution >= 4 is 32.7 Å². The first kappa shape index (κ1) is 16.8. The average Bonchev–Trinajstić information content (AvgIpc) is 3.03. The van der Waals surface area contributed by atoms with E-state index in [0.29, 0.717) is 23.6 Å². The molecule has 1 atom stereocenters. The summed E-state index contributed by atoms with van der Waals surface area (Å²) < 4.78 is 7.15. The molecule has 1 unspecified atom stereocenters. The molecule has 1 aliphatic heterocycles. The number of hydrogen-bond acceptors (Lipinski definition) is 7. The number of anilines is 1. The Morgan fingerprint density at radius 2 is 2.21 bits per heavy atom. The lowest BCUT2D eigenvalue weighted by molar-refractivity contribution is -0.122. The molecule has 1 amide bonds. The second-order valence-electron chi connectivity index (χ2n) is 5.80. The van der Waals surface area contributed by atoms with Crippen LogP contribution in [0.1, 0.15) is 20.3 Å². The van der Waals surface area contributed by atoms with Crippen molar-refractivity contribution in [2.24, 2.45) is 0 Å². The Bertz CT molecular complexity index is 781. The SMILES string of the molecule is CCC(C)NC(=O)Cn1cnc2nc(N3CCOCC3)sc2c1=O. The van der Waals surface area contributed by atoms with Crippen LogP contribution in [0, 0.1) is 0 Å². The number of rotatable bonds is 5. The molecule has 0 aromatic carbocycles. The minimum absolute atomic E-state index is 0.0309. The minimum atomic E-state index is -0.226. The molecule has 9 heteroatoms. The third kappa shape index (κ3) is 3.57. The average molecular weight is 351 g/mol. The summed E-state index contributed by atoms with van der Waals surface area (Å²) in [5.41, 5.74) is 0.210. The lowest BCUT2D eigenvalue weighted by Gasteiger charge is -2.25. The van der Waals surface area contributed by atoms with Crippen LogP contribution in [-0.2, 0) is 16.1 Å². The monoisotopic (exact) mass is 351 g/mol. The molecule has 2 aromatic heterocycles. The molecule has 0 bridgehead atoms. The number of nitrogens with one attached hydrogen (secondary N) is 1. The van der Waals surface area contributed by atoms with Crippen LogP contribution in [0.4, 0.5) is 5.13 Å². The molecular weight excluding hydrogens is 330 g/mol. The first-order valence-corrected chi connectivity index (χ1v) is 8.88. The fourth-order valence-electron chi connectivity index (χ4n) is 2.41. The van der Waals surface area contributed by atoms with Gasteiger partial charge in [-0.05, 0) is 13.3 Å². The molecule has 0 spiro atoms. The van der Waals surface area contributed by atoms with Crippen LogP contribution in [-0.4, -0.2) is 52.8 Å². The first-order valence-electron chi connectivity index (χ1n) is 8.06. The maximum Gasteiger partial charge on any atom is 0.273 e. The van der Waals surface area contributed by atoms with Crippen LogP contribution in [0.25, 0.3) is 10.3 Å². The van der Waals surface area contributed by atoms with Crippen molar-refractivity contribution in [3.8, 4) is 0 Å². The Labute approximate surface area is 143 Å². The molecule has 1 N–H and O–H groups in total. The van der Waals surface area contributed by atoms with Gasteiger partial charge in [0, 0.05) is 19.1 Å². The van der Waals surface area contributed by atoms with E-state index in [1.165, 1.54) is 22.2 Å². The van der Waals surface area contributed by atoms with Gasteiger partial charge in [0.1, 0.15) is 17.6 Å². The topological polar surface area (TPSA) is 89.3 Å². The van der Waals surface area contributed by atoms with Crippen LogP contribution < -0.4 is 15.8 Å². The summed E-state index contributed by atoms with van der Waals surface area (Å²) >= 11 is 1.32. The van der Waals surface area contributed by atoms with Crippen LogP contribution in [0.3, 0.4) is 0 Å². The van der Waals surface area contributed by atoms with Crippen molar-refractivity contribution in [3.05, 3.63) is 16.7 Å². The second kappa shape index (κ2) is 7.27. The van der Waals surface area contributed by atoms with E-state index in [1.807, 2.05) is 13.8 Å². The smallest absolute Gasteiger partial charge is 0.273 e. The maximum absolute atomic E-state index is 12.6. The summed E-state index contributed by atoms with van der Waals surface area (Å²) in [5, 5.41) is 3.63. The number of hydrogen-bond donors (Lipinski definition) is 1. The summed E-state index contributed by atoms with van der Waals surface area (Å²) in [6.45, 7) is 6.72. The summed E-state index contributed by atoms with van der Waals surface area (Å²) in [4.78, 5) is 35.3. The van der Waals surface area contributed by atoms with Gasteiger partial charge in [-0.3, -0.25) is 14.2 Å². The molecule has 1 aliphatic rings. The van der Waals surface area contributed by atoms with Gasteiger partial charge in [0.2, 0.25) is 5.91 Å². The van der Waals surface area contributed by atoms with Gasteiger partial charge in [-0.2, -0.15) is 4.98 Å². The Kier molecular flexibility index (Phi) is 5.10. The van der Waals surface area contributed by atoms with Crippen molar-refractivity contribution in [1.82, 2.24) is 19.9 Å². The van der Waals surface area contributed by atoms with E-state index in [9.17, 15) is 9.59 Å². The molecule has 24 heavy (non-hydrogen) atoms. The zero-order valence-corrected chi connectivity index (χ0v) is 14.6. The van der Waals surface area contributed by atoms with Gasteiger partial charge in [-0.1, -0.05) is 18.3 Å². The number of fused-ring (bicyclic) bond motifs is 1. The number of carbonyl (C=O) groups excluding carboxylic acids is 1. The highest BCUT2D eigenvalue weighted by molar-refractivity contribution is 7.22. The van der Waals surface area contributed by atoms with Gasteiger partial charge in [0.15, 0.2) is 10.8 Å². The Balaban J connectivity index is 1.82. The molecule has 0 aliphatic carbocycles. The van der Waals surface area contributed by atoms with E-state index in [4.69, 9.17) is 4.74 Å². The van der Waals surface area contributed by atoms with Gasteiger partial charge in [0.25, 0.3) is 5.56 Å². The number of thiazole rings is 1. The Morgan fingerprint density at radius 3 is 2.92 bits per heavy atom. The minimum Gasteiger partial charge on any atom is -0.378 e. The van der Waals surface area contributed by atoms with Crippen molar-refractivity contribution in [1.29, 1.82) is 0 Å². The van der Waals surface area contributed by atoms with E-state index in [-0.39, 0.29) is 24.1 Å². The van der Waals surface area contributed by atoms with E-state index >= 15 is 0 Å². The molecule has 0 saturated carbocycles. The zero-order chi connectivity index (χ0) is 17.1. The number of morpholine rings is 1. The Morgan fingerprint density at radius 1 is 1.46 bits per heavy atom. The van der Waals surface area contributed by atoms with E-state index in [2.05, 4.69) is 20.2 Å². The van der Waals surface area contributed by atoms with E-state index in [0.717, 1.165) is 24.6 Å². The van der Waals surface area contributed by atoms with Crippen LogP contribution in [0.2, 0.25) is 0 Å². The third-order valence-corrected chi connectivity index (χ3v) is 5.08. The molecule has 2 aromatic rings. The molecule has 130 valence electrons.